The number of amides is 2. The molecule has 0 atom stereocenters. The summed E-state index contributed by atoms with van der Waals surface area (Å²) in [6.07, 6.45) is 4.63. The number of hydrogen-bond donors (Lipinski definition) is 2. The number of carbonyl (C=O) groups excluding carboxylic acids is 3. The first kappa shape index (κ1) is 21.5. The monoisotopic (exact) mass is 418 g/mol. The van der Waals surface area contributed by atoms with Crippen LogP contribution in [-0.4, -0.2) is 40.7 Å². The molecule has 3 rings (SSSR count). The van der Waals surface area contributed by atoms with Crippen LogP contribution in [0.25, 0.3) is 23.0 Å². The highest BCUT2D eigenvalue weighted by Gasteiger charge is 2.12. The fraction of sp³-hybridized carbons (Fsp3) is 0.130. The van der Waals surface area contributed by atoms with Gasteiger partial charge in [-0.2, -0.15) is 5.10 Å². The number of carbonyl (C=O) groups is 3. The average molecular weight is 418 g/mol. The Bertz CT molecular complexity index is 1100. The minimum absolute atomic E-state index is 0.315. The Morgan fingerprint density at radius 1 is 1.10 bits per heavy atom. The smallest absolute Gasteiger partial charge is 0.331 e. The van der Waals surface area contributed by atoms with E-state index >= 15 is 0 Å². The number of benzene rings is 2. The van der Waals surface area contributed by atoms with E-state index in [-0.39, 0.29) is 6.54 Å². The third-order valence-electron chi connectivity index (χ3n) is 4.29. The highest BCUT2D eigenvalue weighted by atomic mass is 16.5. The summed E-state index contributed by atoms with van der Waals surface area (Å²) in [6, 6.07) is 17.5. The Morgan fingerprint density at radius 3 is 2.48 bits per heavy atom. The normalized spacial score (nSPS) is 10.7. The van der Waals surface area contributed by atoms with Gasteiger partial charge in [-0.3, -0.25) is 9.59 Å². The van der Waals surface area contributed by atoms with Gasteiger partial charge in [0.1, 0.15) is 0 Å². The number of aromatic nitrogens is 2. The van der Waals surface area contributed by atoms with Crippen molar-refractivity contribution in [3.8, 4) is 16.9 Å². The summed E-state index contributed by atoms with van der Waals surface area (Å²) < 4.78 is 6.63. The molecule has 0 unspecified atom stereocenters. The van der Waals surface area contributed by atoms with Gasteiger partial charge in [0.25, 0.3) is 5.91 Å². The van der Waals surface area contributed by atoms with Gasteiger partial charge in [0, 0.05) is 23.4 Å². The molecule has 2 aromatic carbocycles. The molecule has 0 spiro atoms. The summed E-state index contributed by atoms with van der Waals surface area (Å²) in [5.41, 5.74) is 9.26. The van der Waals surface area contributed by atoms with E-state index in [1.807, 2.05) is 67.7 Å². The Balaban J connectivity index is 1.78. The lowest BCUT2D eigenvalue weighted by molar-refractivity contribution is -0.143. The fourth-order valence-electron chi connectivity index (χ4n) is 2.74. The topological polar surface area (TPSA) is 116 Å². The SMILES string of the molecule is Cc1ccc(-c2nn(-c3ccccc3)cc2/C=C/C(=O)OCC(=O)NCC(N)=O)cc1. The predicted molar refractivity (Wildman–Crippen MR) is 116 cm³/mol. The van der Waals surface area contributed by atoms with E-state index < -0.39 is 24.4 Å². The first-order valence-corrected chi connectivity index (χ1v) is 9.54. The molecule has 8 nitrogen and oxygen atoms in total. The predicted octanol–water partition coefficient (Wildman–Crippen LogP) is 2.01. The third kappa shape index (κ3) is 6.14. The van der Waals surface area contributed by atoms with Crippen molar-refractivity contribution in [1.82, 2.24) is 15.1 Å². The number of para-hydroxylation sites is 1. The lowest BCUT2D eigenvalue weighted by Gasteiger charge is -2.03. The largest absolute Gasteiger partial charge is 0.452 e. The Hall–Kier alpha value is -4.20. The first-order valence-electron chi connectivity index (χ1n) is 9.54. The quantitative estimate of drug-likeness (QED) is 0.429. The molecule has 1 heterocycles. The Labute approximate surface area is 179 Å². The lowest BCUT2D eigenvalue weighted by Crippen LogP contribution is -2.35. The van der Waals surface area contributed by atoms with Crippen molar-refractivity contribution >= 4 is 23.9 Å². The van der Waals surface area contributed by atoms with Crippen LogP contribution in [0.5, 0.6) is 0 Å². The standard InChI is InChI=1S/C23H22N4O4/c1-16-7-9-17(10-8-16)23-18(14-27(26-23)19-5-3-2-4-6-19)11-12-22(30)31-15-21(29)25-13-20(24)28/h2-12,14H,13,15H2,1H3,(H2,24,28)(H,25,29)/b12-11+. The van der Waals surface area contributed by atoms with Gasteiger partial charge in [-0.1, -0.05) is 48.0 Å². The van der Waals surface area contributed by atoms with Crippen LogP contribution < -0.4 is 11.1 Å². The van der Waals surface area contributed by atoms with Gasteiger partial charge in [-0.05, 0) is 25.1 Å². The molecule has 8 heteroatoms. The van der Waals surface area contributed by atoms with Crippen molar-refractivity contribution in [3.63, 3.8) is 0 Å². The molecule has 0 saturated carbocycles. The van der Waals surface area contributed by atoms with Crippen LogP contribution >= 0.6 is 0 Å². The lowest BCUT2D eigenvalue weighted by atomic mass is 10.1. The Morgan fingerprint density at radius 2 is 1.81 bits per heavy atom. The second-order valence-electron chi connectivity index (χ2n) is 6.76. The zero-order valence-corrected chi connectivity index (χ0v) is 16.9. The molecule has 3 N–H and O–H groups in total. The number of primary amides is 1. The van der Waals surface area contributed by atoms with Gasteiger partial charge in [-0.15, -0.1) is 0 Å². The minimum atomic E-state index is -0.698. The molecule has 0 bridgehead atoms. The molecule has 158 valence electrons. The van der Waals surface area contributed by atoms with Gasteiger partial charge in [0.2, 0.25) is 5.91 Å². The van der Waals surface area contributed by atoms with Gasteiger partial charge in [0.15, 0.2) is 6.61 Å². The molecular formula is C23H22N4O4. The van der Waals surface area contributed by atoms with Crippen LogP contribution in [0, 0.1) is 6.92 Å². The summed E-state index contributed by atoms with van der Waals surface area (Å²) in [6.45, 7) is 1.18. The molecule has 0 aliphatic rings. The highest BCUT2D eigenvalue weighted by Crippen LogP contribution is 2.25. The van der Waals surface area contributed by atoms with E-state index in [9.17, 15) is 14.4 Å². The van der Waals surface area contributed by atoms with E-state index in [1.54, 1.807) is 10.8 Å². The first-order chi connectivity index (χ1) is 14.9. The van der Waals surface area contributed by atoms with Gasteiger partial charge < -0.3 is 15.8 Å². The minimum Gasteiger partial charge on any atom is -0.452 e. The number of aryl methyl sites for hydroxylation is 1. The van der Waals surface area contributed by atoms with Gasteiger partial charge in [-0.25, -0.2) is 9.48 Å². The maximum absolute atomic E-state index is 12.0. The molecule has 1 aromatic heterocycles. The zero-order valence-electron chi connectivity index (χ0n) is 16.9. The number of ether oxygens (including phenoxy) is 1. The van der Waals surface area contributed by atoms with Gasteiger partial charge >= 0.3 is 5.97 Å². The molecule has 31 heavy (non-hydrogen) atoms. The van der Waals surface area contributed by atoms with Crippen molar-refractivity contribution in [2.75, 3.05) is 13.2 Å². The van der Waals surface area contributed by atoms with E-state index in [2.05, 4.69) is 10.4 Å². The maximum Gasteiger partial charge on any atom is 0.331 e. The second kappa shape index (κ2) is 10.0. The van der Waals surface area contributed by atoms with Crippen LogP contribution in [0.15, 0.2) is 66.9 Å². The summed E-state index contributed by atoms with van der Waals surface area (Å²) in [5.74, 6) is -1.99. The summed E-state index contributed by atoms with van der Waals surface area (Å²) in [4.78, 5) is 34.2. The fourth-order valence-corrected chi connectivity index (χ4v) is 2.74. The third-order valence-corrected chi connectivity index (χ3v) is 4.29. The molecule has 0 fully saturated rings. The molecule has 0 saturated heterocycles. The number of esters is 1. The van der Waals surface area contributed by atoms with Crippen LogP contribution in [0.2, 0.25) is 0 Å². The maximum atomic E-state index is 12.0. The van der Waals surface area contributed by atoms with Crippen molar-refractivity contribution < 1.29 is 19.1 Å². The van der Waals surface area contributed by atoms with E-state index in [0.717, 1.165) is 16.8 Å². The van der Waals surface area contributed by atoms with E-state index in [0.29, 0.717) is 11.3 Å². The van der Waals surface area contributed by atoms with Crippen molar-refractivity contribution in [2.24, 2.45) is 5.73 Å². The molecule has 3 aromatic rings. The average Bonchev–Trinajstić information content (AvgIpc) is 3.20. The second-order valence-corrected chi connectivity index (χ2v) is 6.76. The highest BCUT2D eigenvalue weighted by molar-refractivity contribution is 5.91. The van der Waals surface area contributed by atoms with Gasteiger partial charge in [0.05, 0.1) is 17.9 Å². The van der Waals surface area contributed by atoms with E-state index in [4.69, 9.17) is 10.5 Å². The van der Waals surface area contributed by atoms with Crippen LogP contribution in [-0.2, 0) is 19.1 Å². The van der Waals surface area contributed by atoms with Crippen LogP contribution in [0.3, 0.4) is 0 Å². The molecule has 0 radical (unpaired) electrons. The summed E-state index contributed by atoms with van der Waals surface area (Å²) in [7, 11) is 0. The van der Waals surface area contributed by atoms with Crippen molar-refractivity contribution in [1.29, 1.82) is 0 Å². The van der Waals surface area contributed by atoms with Crippen LogP contribution in [0.4, 0.5) is 0 Å². The zero-order chi connectivity index (χ0) is 22.2. The van der Waals surface area contributed by atoms with Crippen LogP contribution in [0.1, 0.15) is 11.1 Å². The number of nitrogens with zero attached hydrogens (tertiary/aromatic N) is 2. The number of nitrogens with two attached hydrogens (primary N) is 1. The van der Waals surface area contributed by atoms with Crippen molar-refractivity contribution in [2.45, 2.75) is 6.92 Å². The number of hydrogen-bond acceptors (Lipinski definition) is 5. The summed E-state index contributed by atoms with van der Waals surface area (Å²) in [5, 5.41) is 6.92. The number of rotatable bonds is 8. The molecule has 0 aliphatic heterocycles. The number of nitrogens with one attached hydrogen (secondary N) is 1. The molecule has 0 aliphatic carbocycles. The molecular weight excluding hydrogens is 396 g/mol. The molecule has 2 amide bonds. The van der Waals surface area contributed by atoms with Crippen molar-refractivity contribution in [3.05, 3.63) is 78.0 Å². The Kier molecular flexibility index (Phi) is 6.95. The summed E-state index contributed by atoms with van der Waals surface area (Å²) >= 11 is 0. The van der Waals surface area contributed by atoms with E-state index in [1.165, 1.54) is 6.08 Å².